The molecule has 20 heavy (non-hydrogen) atoms. The molecule has 0 unspecified atom stereocenters. The van der Waals surface area contributed by atoms with Crippen molar-refractivity contribution < 1.29 is 14.6 Å². The molecule has 0 atom stereocenters. The molecule has 2 rings (SSSR count). The number of ether oxygens (including phenoxy) is 1. The van der Waals surface area contributed by atoms with Crippen LogP contribution in [0.1, 0.15) is 23.8 Å². The number of fused-ring (bicyclic) bond motifs is 1. The molecule has 0 amide bonds. The third-order valence-corrected chi connectivity index (χ3v) is 2.84. The lowest BCUT2D eigenvalue weighted by Crippen LogP contribution is -2.12. The fourth-order valence-electron chi connectivity index (χ4n) is 1.91. The normalized spacial score (nSPS) is 10.7. The SMILES string of the molecule is CCOCCCNc1c(C(=O)O)nnc2ccccc12. The van der Waals surface area contributed by atoms with Crippen molar-refractivity contribution in [2.75, 3.05) is 25.1 Å². The summed E-state index contributed by atoms with van der Waals surface area (Å²) in [7, 11) is 0. The van der Waals surface area contributed by atoms with Crippen molar-refractivity contribution in [2.24, 2.45) is 0 Å². The summed E-state index contributed by atoms with van der Waals surface area (Å²) in [5.74, 6) is -1.09. The highest BCUT2D eigenvalue weighted by atomic mass is 16.5. The second-order valence-electron chi connectivity index (χ2n) is 4.22. The van der Waals surface area contributed by atoms with Crippen LogP contribution in [0, 0.1) is 0 Å². The van der Waals surface area contributed by atoms with E-state index in [-0.39, 0.29) is 5.69 Å². The van der Waals surface area contributed by atoms with Gasteiger partial charge in [-0.1, -0.05) is 18.2 Å². The summed E-state index contributed by atoms with van der Waals surface area (Å²) < 4.78 is 5.25. The van der Waals surface area contributed by atoms with Gasteiger partial charge in [-0.25, -0.2) is 4.79 Å². The number of anilines is 1. The van der Waals surface area contributed by atoms with Crippen molar-refractivity contribution in [3.8, 4) is 0 Å². The number of carboxylic acid groups (broad SMARTS) is 1. The van der Waals surface area contributed by atoms with E-state index in [0.29, 0.717) is 31.0 Å². The molecule has 106 valence electrons. The molecule has 0 fully saturated rings. The Balaban J connectivity index is 2.23. The van der Waals surface area contributed by atoms with E-state index in [1.807, 2.05) is 25.1 Å². The number of nitrogens with one attached hydrogen (secondary N) is 1. The number of aromatic nitrogens is 2. The van der Waals surface area contributed by atoms with E-state index in [9.17, 15) is 9.90 Å². The smallest absolute Gasteiger partial charge is 0.358 e. The van der Waals surface area contributed by atoms with Crippen molar-refractivity contribution in [3.63, 3.8) is 0 Å². The fraction of sp³-hybridized carbons (Fsp3) is 0.357. The quantitative estimate of drug-likeness (QED) is 0.753. The van der Waals surface area contributed by atoms with Gasteiger partial charge >= 0.3 is 5.97 Å². The van der Waals surface area contributed by atoms with Gasteiger partial charge in [0.15, 0.2) is 5.69 Å². The molecule has 6 nitrogen and oxygen atoms in total. The summed E-state index contributed by atoms with van der Waals surface area (Å²) in [4.78, 5) is 11.2. The van der Waals surface area contributed by atoms with Gasteiger partial charge in [-0.2, -0.15) is 0 Å². The second-order valence-corrected chi connectivity index (χ2v) is 4.22. The number of aromatic carboxylic acids is 1. The van der Waals surface area contributed by atoms with Gasteiger partial charge in [-0.15, -0.1) is 10.2 Å². The second kappa shape index (κ2) is 6.81. The van der Waals surface area contributed by atoms with Crippen LogP contribution in [0.5, 0.6) is 0 Å². The molecule has 0 aliphatic heterocycles. The van der Waals surface area contributed by atoms with Crippen molar-refractivity contribution >= 4 is 22.6 Å². The number of nitrogens with zero attached hydrogens (tertiary/aromatic N) is 2. The minimum Gasteiger partial charge on any atom is -0.476 e. The fourth-order valence-corrected chi connectivity index (χ4v) is 1.91. The molecular weight excluding hydrogens is 258 g/mol. The van der Waals surface area contributed by atoms with Crippen molar-refractivity contribution in [2.45, 2.75) is 13.3 Å². The summed E-state index contributed by atoms with van der Waals surface area (Å²) in [6.07, 6.45) is 0.795. The number of rotatable bonds is 7. The number of carbonyl (C=O) groups is 1. The lowest BCUT2D eigenvalue weighted by atomic mass is 10.1. The van der Waals surface area contributed by atoms with E-state index in [0.717, 1.165) is 11.8 Å². The summed E-state index contributed by atoms with van der Waals surface area (Å²) >= 11 is 0. The van der Waals surface area contributed by atoms with E-state index in [4.69, 9.17) is 4.74 Å². The monoisotopic (exact) mass is 275 g/mol. The Hall–Kier alpha value is -2.21. The van der Waals surface area contributed by atoms with Crippen LogP contribution in [0.15, 0.2) is 24.3 Å². The minimum atomic E-state index is -1.09. The minimum absolute atomic E-state index is 0.0555. The molecule has 0 saturated heterocycles. The first-order chi connectivity index (χ1) is 9.74. The first-order valence-corrected chi connectivity index (χ1v) is 6.54. The molecule has 0 radical (unpaired) electrons. The topological polar surface area (TPSA) is 84.3 Å². The Bertz CT molecular complexity index is 601. The highest BCUT2D eigenvalue weighted by Crippen LogP contribution is 2.24. The van der Waals surface area contributed by atoms with Gasteiger partial charge in [0.1, 0.15) is 0 Å². The van der Waals surface area contributed by atoms with Crippen molar-refractivity contribution in [1.82, 2.24) is 10.2 Å². The lowest BCUT2D eigenvalue weighted by Gasteiger charge is -2.11. The van der Waals surface area contributed by atoms with Crippen LogP contribution in [0.4, 0.5) is 5.69 Å². The first-order valence-electron chi connectivity index (χ1n) is 6.54. The number of hydrogen-bond acceptors (Lipinski definition) is 5. The Morgan fingerprint density at radius 1 is 1.35 bits per heavy atom. The van der Waals surface area contributed by atoms with Gasteiger partial charge in [-0.3, -0.25) is 0 Å². The van der Waals surface area contributed by atoms with Gasteiger partial charge < -0.3 is 15.2 Å². The highest BCUT2D eigenvalue weighted by Gasteiger charge is 2.15. The molecule has 0 spiro atoms. The molecule has 2 N–H and O–H groups in total. The van der Waals surface area contributed by atoms with Gasteiger partial charge in [0.05, 0.1) is 11.2 Å². The predicted molar refractivity (Wildman–Crippen MR) is 76.1 cm³/mol. The van der Waals surface area contributed by atoms with Crippen LogP contribution < -0.4 is 5.32 Å². The maximum Gasteiger partial charge on any atom is 0.358 e. The van der Waals surface area contributed by atoms with Crippen molar-refractivity contribution in [1.29, 1.82) is 0 Å². The standard InChI is InChI=1S/C14H17N3O3/c1-2-20-9-5-8-15-12-10-6-3-4-7-11(10)16-17-13(12)14(18)19/h3-4,6-7H,2,5,8-9H2,1H3,(H,15,16)(H,18,19). The molecule has 1 heterocycles. The van der Waals surface area contributed by atoms with Gasteiger partial charge in [0.25, 0.3) is 0 Å². The first kappa shape index (κ1) is 14.2. The van der Waals surface area contributed by atoms with E-state index in [1.165, 1.54) is 0 Å². The zero-order valence-electron chi connectivity index (χ0n) is 11.3. The van der Waals surface area contributed by atoms with Crippen LogP contribution in [0.3, 0.4) is 0 Å². The van der Waals surface area contributed by atoms with Crippen LogP contribution in [0.2, 0.25) is 0 Å². The third-order valence-electron chi connectivity index (χ3n) is 2.84. The van der Waals surface area contributed by atoms with Crippen LogP contribution >= 0.6 is 0 Å². The Labute approximate surface area is 116 Å². The number of benzene rings is 1. The van der Waals surface area contributed by atoms with E-state index in [2.05, 4.69) is 15.5 Å². The van der Waals surface area contributed by atoms with Crippen LogP contribution in [0.25, 0.3) is 10.9 Å². The molecule has 1 aromatic carbocycles. The molecule has 0 saturated carbocycles. The van der Waals surface area contributed by atoms with Gasteiger partial charge in [0.2, 0.25) is 0 Å². The molecule has 6 heteroatoms. The van der Waals surface area contributed by atoms with E-state index in [1.54, 1.807) is 6.07 Å². The van der Waals surface area contributed by atoms with E-state index < -0.39 is 5.97 Å². The molecule has 0 aliphatic rings. The van der Waals surface area contributed by atoms with Crippen LogP contribution in [-0.4, -0.2) is 41.0 Å². The largest absolute Gasteiger partial charge is 0.476 e. The van der Waals surface area contributed by atoms with Gasteiger partial charge in [0, 0.05) is 25.1 Å². The molecule has 1 aromatic heterocycles. The number of hydrogen-bond donors (Lipinski definition) is 2. The van der Waals surface area contributed by atoms with Gasteiger partial charge in [-0.05, 0) is 19.4 Å². The Morgan fingerprint density at radius 3 is 2.90 bits per heavy atom. The zero-order valence-corrected chi connectivity index (χ0v) is 11.3. The maximum atomic E-state index is 11.2. The predicted octanol–water partition coefficient (Wildman–Crippen LogP) is 2.17. The third kappa shape index (κ3) is 3.21. The lowest BCUT2D eigenvalue weighted by molar-refractivity contribution is 0.0690. The maximum absolute atomic E-state index is 11.2. The molecule has 0 bridgehead atoms. The average Bonchev–Trinajstić information content (AvgIpc) is 2.46. The average molecular weight is 275 g/mol. The highest BCUT2D eigenvalue weighted by molar-refractivity contribution is 6.02. The summed E-state index contributed by atoms with van der Waals surface area (Å²) in [6.45, 7) is 3.88. The Morgan fingerprint density at radius 2 is 2.15 bits per heavy atom. The van der Waals surface area contributed by atoms with Crippen LogP contribution in [-0.2, 0) is 4.74 Å². The number of carboxylic acids is 1. The summed E-state index contributed by atoms with van der Waals surface area (Å²) in [5.41, 5.74) is 1.13. The Kier molecular flexibility index (Phi) is 4.84. The van der Waals surface area contributed by atoms with Crippen molar-refractivity contribution in [3.05, 3.63) is 30.0 Å². The summed E-state index contributed by atoms with van der Waals surface area (Å²) in [5, 5.41) is 20.8. The van der Waals surface area contributed by atoms with E-state index >= 15 is 0 Å². The zero-order chi connectivity index (χ0) is 14.4. The molecular formula is C14H17N3O3. The summed E-state index contributed by atoms with van der Waals surface area (Å²) in [6, 6.07) is 7.33. The molecule has 2 aromatic rings. The molecule has 0 aliphatic carbocycles.